The number of thiophene rings is 1. The van der Waals surface area contributed by atoms with Gasteiger partial charge < -0.3 is 9.84 Å². The normalized spacial score (nSPS) is 12.4. The summed E-state index contributed by atoms with van der Waals surface area (Å²) in [6.07, 6.45) is -0.552. The van der Waals surface area contributed by atoms with Crippen molar-refractivity contribution in [2.75, 3.05) is 0 Å². The molecule has 1 N–H and O–H groups in total. The van der Waals surface area contributed by atoms with Gasteiger partial charge in [0.1, 0.15) is 12.4 Å². The second kappa shape index (κ2) is 6.19. The molecule has 0 radical (unpaired) electrons. The Kier molecular flexibility index (Phi) is 4.84. The van der Waals surface area contributed by atoms with Crippen molar-refractivity contribution in [3.05, 3.63) is 49.0 Å². The first-order valence-corrected chi connectivity index (χ1v) is 7.86. The van der Waals surface area contributed by atoms with E-state index in [0.717, 1.165) is 19.4 Å². The zero-order chi connectivity index (χ0) is 13.1. The monoisotopic (exact) mass is 390 g/mol. The van der Waals surface area contributed by atoms with E-state index in [-0.39, 0.29) is 0 Å². The number of hydrogen-bond acceptors (Lipinski definition) is 3. The molecule has 2 nitrogen and oxygen atoms in total. The summed E-state index contributed by atoms with van der Waals surface area (Å²) in [5.74, 6) is 0.716. The highest BCUT2D eigenvalue weighted by Crippen LogP contribution is 2.30. The van der Waals surface area contributed by atoms with E-state index in [4.69, 9.17) is 4.74 Å². The molecule has 18 heavy (non-hydrogen) atoms. The summed E-state index contributed by atoms with van der Waals surface area (Å²) >= 11 is 8.51. The van der Waals surface area contributed by atoms with Gasteiger partial charge in [-0.05, 0) is 52.5 Å². The van der Waals surface area contributed by atoms with Crippen LogP contribution < -0.4 is 4.74 Å². The molecular formula is C13H12Br2O2S. The summed E-state index contributed by atoms with van der Waals surface area (Å²) in [5.41, 5.74) is 0.789. The first-order valence-electron chi connectivity index (χ1n) is 5.40. The fourth-order valence-electron chi connectivity index (χ4n) is 1.55. The van der Waals surface area contributed by atoms with Gasteiger partial charge in [-0.15, -0.1) is 11.3 Å². The van der Waals surface area contributed by atoms with Crippen LogP contribution in [0, 0.1) is 0 Å². The lowest BCUT2D eigenvalue weighted by atomic mass is 10.1. The second-order valence-electron chi connectivity index (χ2n) is 3.84. The molecule has 0 spiro atoms. The molecule has 0 saturated carbocycles. The average molecular weight is 392 g/mol. The molecule has 5 heteroatoms. The van der Waals surface area contributed by atoms with Crippen molar-refractivity contribution >= 4 is 43.2 Å². The first-order chi connectivity index (χ1) is 8.58. The maximum Gasteiger partial charge on any atom is 0.125 e. The Morgan fingerprint density at radius 2 is 2.11 bits per heavy atom. The molecule has 1 aromatic carbocycles. The van der Waals surface area contributed by atoms with E-state index in [9.17, 15) is 5.11 Å². The van der Waals surface area contributed by atoms with Crippen LogP contribution in [0.1, 0.15) is 23.5 Å². The van der Waals surface area contributed by atoms with E-state index in [1.54, 1.807) is 18.3 Å². The molecule has 1 heterocycles. The van der Waals surface area contributed by atoms with E-state index in [2.05, 4.69) is 31.9 Å². The Labute approximate surface area is 127 Å². The molecule has 2 rings (SSSR count). The molecule has 0 saturated heterocycles. The van der Waals surface area contributed by atoms with Crippen LogP contribution in [0.15, 0.2) is 38.6 Å². The molecule has 0 bridgehead atoms. The van der Waals surface area contributed by atoms with Gasteiger partial charge in [-0.25, -0.2) is 0 Å². The number of ether oxygens (including phenoxy) is 1. The van der Waals surface area contributed by atoms with E-state index in [0.29, 0.717) is 12.4 Å². The van der Waals surface area contributed by atoms with Crippen molar-refractivity contribution in [2.24, 2.45) is 0 Å². The number of aliphatic hydroxyl groups is 1. The van der Waals surface area contributed by atoms with Gasteiger partial charge in [0.05, 0.1) is 11.0 Å². The number of halogens is 2. The number of hydrogen-bond donors (Lipinski definition) is 1. The largest absolute Gasteiger partial charge is 0.488 e. The standard InChI is InChI=1S/C13H12Br2O2S/c1-8(16)10-6-9(14)2-3-12(10)17-7-13-11(15)4-5-18-13/h2-6,8,16H,7H2,1H3/t8-/m1/s1. The quantitative estimate of drug-likeness (QED) is 0.802. The minimum absolute atomic E-state index is 0.500. The third-order valence-electron chi connectivity index (χ3n) is 2.47. The Balaban J connectivity index is 2.16. The topological polar surface area (TPSA) is 29.5 Å². The fraction of sp³-hybridized carbons (Fsp3) is 0.231. The summed E-state index contributed by atoms with van der Waals surface area (Å²) in [5, 5.41) is 11.7. The molecule has 96 valence electrons. The van der Waals surface area contributed by atoms with Gasteiger partial charge in [0.2, 0.25) is 0 Å². The highest BCUT2D eigenvalue weighted by Gasteiger charge is 2.11. The predicted octanol–water partition coefficient (Wildman–Crippen LogP) is 4.91. The number of benzene rings is 1. The van der Waals surface area contributed by atoms with Crippen LogP contribution in [0.3, 0.4) is 0 Å². The third-order valence-corrected chi connectivity index (χ3v) is 4.86. The minimum Gasteiger partial charge on any atom is -0.488 e. The van der Waals surface area contributed by atoms with E-state index >= 15 is 0 Å². The van der Waals surface area contributed by atoms with Crippen LogP contribution in [0.5, 0.6) is 5.75 Å². The molecule has 0 unspecified atom stereocenters. The van der Waals surface area contributed by atoms with Crippen molar-refractivity contribution in [3.63, 3.8) is 0 Å². The van der Waals surface area contributed by atoms with Crippen LogP contribution in [-0.2, 0) is 6.61 Å². The maximum atomic E-state index is 9.73. The van der Waals surface area contributed by atoms with Crippen molar-refractivity contribution in [3.8, 4) is 5.75 Å². The van der Waals surface area contributed by atoms with Gasteiger partial charge in [0.25, 0.3) is 0 Å². The average Bonchev–Trinajstić information content (AvgIpc) is 2.73. The Morgan fingerprint density at radius 3 is 2.72 bits per heavy atom. The molecule has 0 aliphatic rings. The van der Waals surface area contributed by atoms with Crippen molar-refractivity contribution in [1.29, 1.82) is 0 Å². The molecule has 0 fully saturated rings. The van der Waals surface area contributed by atoms with Crippen molar-refractivity contribution < 1.29 is 9.84 Å². The molecule has 1 atom stereocenters. The van der Waals surface area contributed by atoms with Crippen LogP contribution in [-0.4, -0.2) is 5.11 Å². The summed E-state index contributed by atoms with van der Waals surface area (Å²) < 4.78 is 7.77. The first kappa shape index (κ1) is 14.1. The smallest absolute Gasteiger partial charge is 0.125 e. The Hall–Kier alpha value is -0.360. The van der Waals surface area contributed by atoms with Gasteiger partial charge >= 0.3 is 0 Å². The molecular weight excluding hydrogens is 380 g/mol. The van der Waals surface area contributed by atoms with Crippen LogP contribution in [0.2, 0.25) is 0 Å². The molecule has 0 amide bonds. The Morgan fingerprint density at radius 1 is 1.33 bits per heavy atom. The van der Waals surface area contributed by atoms with Gasteiger partial charge in [-0.1, -0.05) is 15.9 Å². The molecule has 2 aromatic rings. The van der Waals surface area contributed by atoms with Gasteiger partial charge in [0.15, 0.2) is 0 Å². The van der Waals surface area contributed by atoms with Crippen LogP contribution in [0.25, 0.3) is 0 Å². The fourth-order valence-corrected chi connectivity index (χ4v) is 3.31. The van der Waals surface area contributed by atoms with Crippen LogP contribution >= 0.6 is 43.2 Å². The van der Waals surface area contributed by atoms with Crippen molar-refractivity contribution in [1.82, 2.24) is 0 Å². The number of aliphatic hydroxyl groups excluding tert-OH is 1. The summed E-state index contributed by atoms with van der Waals surface area (Å²) in [6.45, 7) is 2.23. The van der Waals surface area contributed by atoms with Gasteiger partial charge in [-0.3, -0.25) is 0 Å². The van der Waals surface area contributed by atoms with Crippen molar-refractivity contribution in [2.45, 2.75) is 19.6 Å². The lowest BCUT2D eigenvalue weighted by Gasteiger charge is -2.13. The zero-order valence-electron chi connectivity index (χ0n) is 9.69. The number of rotatable bonds is 4. The van der Waals surface area contributed by atoms with E-state index in [1.807, 2.05) is 29.6 Å². The summed E-state index contributed by atoms with van der Waals surface area (Å²) in [6, 6.07) is 7.66. The SMILES string of the molecule is C[C@@H](O)c1cc(Br)ccc1OCc1sccc1Br. The third kappa shape index (κ3) is 3.35. The van der Waals surface area contributed by atoms with Gasteiger partial charge in [-0.2, -0.15) is 0 Å². The Bertz CT molecular complexity index is 538. The van der Waals surface area contributed by atoms with Gasteiger partial charge in [0, 0.05) is 14.5 Å². The summed E-state index contributed by atoms with van der Waals surface area (Å²) in [7, 11) is 0. The second-order valence-corrected chi connectivity index (χ2v) is 6.61. The lowest BCUT2D eigenvalue weighted by Crippen LogP contribution is -2.00. The highest BCUT2D eigenvalue weighted by atomic mass is 79.9. The molecule has 1 aromatic heterocycles. The van der Waals surface area contributed by atoms with Crippen LogP contribution in [0.4, 0.5) is 0 Å². The maximum absolute atomic E-state index is 9.73. The molecule has 0 aliphatic carbocycles. The van der Waals surface area contributed by atoms with E-state index in [1.165, 1.54) is 0 Å². The predicted molar refractivity (Wildman–Crippen MR) is 81.1 cm³/mol. The minimum atomic E-state index is -0.552. The summed E-state index contributed by atoms with van der Waals surface area (Å²) in [4.78, 5) is 1.13. The van der Waals surface area contributed by atoms with E-state index < -0.39 is 6.10 Å². The highest BCUT2D eigenvalue weighted by molar-refractivity contribution is 9.10. The molecule has 0 aliphatic heterocycles. The zero-order valence-corrected chi connectivity index (χ0v) is 13.7. The lowest BCUT2D eigenvalue weighted by molar-refractivity contribution is 0.190.